The van der Waals surface area contributed by atoms with Gasteiger partial charge in [-0.2, -0.15) is 0 Å². The molecule has 0 aliphatic rings. The van der Waals surface area contributed by atoms with Crippen LogP contribution in [-0.4, -0.2) is 13.2 Å². The first kappa shape index (κ1) is 33.9. The second kappa shape index (κ2) is 19.0. The van der Waals surface area contributed by atoms with Crippen LogP contribution >= 0.6 is 15.6 Å². The second-order valence-corrected chi connectivity index (χ2v) is 9.36. The van der Waals surface area contributed by atoms with E-state index in [1.165, 1.54) is 0 Å². The fourth-order valence-corrected chi connectivity index (χ4v) is 4.50. The molecule has 7 nitrogen and oxygen atoms in total. The molecular formula is C16H34Na2O7P2. The van der Waals surface area contributed by atoms with Crippen LogP contribution in [0.4, 0.5) is 0 Å². The molecule has 0 aromatic heterocycles. The third-order valence-electron chi connectivity index (χ3n) is 4.22. The van der Waals surface area contributed by atoms with Crippen LogP contribution in [0.15, 0.2) is 0 Å². The van der Waals surface area contributed by atoms with Crippen LogP contribution in [-0.2, 0) is 22.5 Å². The van der Waals surface area contributed by atoms with Crippen molar-refractivity contribution in [2.24, 2.45) is 11.8 Å². The van der Waals surface area contributed by atoms with Gasteiger partial charge in [-0.25, -0.2) is 4.31 Å². The summed E-state index contributed by atoms with van der Waals surface area (Å²) in [6.07, 6.45) is 7.09. The number of unbranched alkanes of at least 4 members (excludes halogenated alkanes) is 2. The molecule has 0 bridgehead atoms. The molecule has 152 valence electrons. The molecule has 0 aromatic carbocycles. The first-order chi connectivity index (χ1) is 11.7. The minimum Gasteiger partial charge on any atom is -0.756 e. The summed E-state index contributed by atoms with van der Waals surface area (Å²) in [4.78, 5) is 23.5. The van der Waals surface area contributed by atoms with Gasteiger partial charge in [-0.05, 0) is 24.7 Å². The molecule has 4 atom stereocenters. The molecule has 0 heterocycles. The standard InChI is InChI=1S/C16H36O7P2.2Na/c1-5-9-11-15(7-3)13-21-24(17,18)23-25(19,20)22-14-16(8-4)12-10-6-2;;/h15-16H,5-14H2,1-4H3,(H,17,18)(H,19,20);;/q;2*+1/p-2. The zero-order chi connectivity index (χ0) is 19.3. The van der Waals surface area contributed by atoms with Crippen LogP contribution in [0.5, 0.6) is 0 Å². The van der Waals surface area contributed by atoms with Gasteiger partial charge in [0.25, 0.3) is 15.6 Å². The summed E-state index contributed by atoms with van der Waals surface area (Å²) in [5.74, 6) is 0.104. The molecule has 0 saturated carbocycles. The summed E-state index contributed by atoms with van der Waals surface area (Å²) >= 11 is 0. The fraction of sp³-hybridized carbons (Fsp3) is 1.00. The van der Waals surface area contributed by atoms with Crippen molar-refractivity contribution < 1.29 is 91.4 Å². The number of phosphoric ester groups is 2. The van der Waals surface area contributed by atoms with Crippen molar-refractivity contribution in [3.63, 3.8) is 0 Å². The minimum absolute atomic E-state index is 0. The normalized spacial score (nSPS) is 17.7. The Morgan fingerprint density at radius 1 is 0.741 bits per heavy atom. The predicted octanol–water partition coefficient (Wildman–Crippen LogP) is -1.59. The van der Waals surface area contributed by atoms with Crippen molar-refractivity contribution >= 4 is 15.6 Å². The van der Waals surface area contributed by atoms with Gasteiger partial charge >= 0.3 is 59.1 Å². The molecule has 0 aliphatic carbocycles. The third kappa shape index (κ3) is 18.7. The third-order valence-corrected chi connectivity index (χ3v) is 6.75. The first-order valence-corrected chi connectivity index (χ1v) is 12.2. The summed E-state index contributed by atoms with van der Waals surface area (Å²) in [7, 11) is -9.91. The largest absolute Gasteiger partial charge is 1.00 e. The van der Waals surface area contributed by atoms with Crippen LogP contribution in [0, 0.1) is 11.8 Å². The van der Waals surface area contributed by atoms with E-state index in [-0.39, 0.29) is 84.2 Å². The number of hydrogen-bond donors (Lipinski definition) is 0. The summed E-state index contributed by atoms with van der Waals surface area (Å²) in [5.41, 5.74) is 0. The quantitative estimate of drug-likeness (QED) is 0.208. The van der Waals surface area contributed by atoms with Gasteiger partial charge in [-0.15, -0.1) is 0 Å². The van der Waals surface area contributed by atoms with Crippen molar-refractivity contribution in [3.8, 4) is 0 Å². The summed E-state index contributed by atoms with van der Waals surface area (Å²) in [5, 5.41) is 0. The van der Waals surface area contributed by atoms with Gasteiger partial charge in [0.15, 0.2) is 0 Å². The van der Waals surface area contributed by atoms with E-state index in [0.717, 1.165) is 51.4 Å². The maximum atomic E-state index is 11.8. The molecule has 0 spiro atoms. The zero-order valence-electron chi connectivity index (χ0n) is 18.0. The van der Waals surface area contributed by atoms with Crippen LogP contribution < -0.4 is 68.9 Å². The van der Waals surface area contributed by atoms with E-state index in [9.17, 15) is 18.9 Å². The Bertz CT molecular complexity index is 403. The van der Waals surface area contributed by atoms with Crippen LogP contribution in [0.3, 0.4) is 0 Å². The van der Waals surface area contributed by atoms with E-state index >= 15 is 0 Å². The molecule has 27 heavy (non-hydrogen) atoms. The molecule has 0 aromatic rings. The Hall–Kier alpha value is 2.26. The second-order valence-electron chi connectivity index (χ2n) is 6.40. The maximum Gasteiger partial charge on any atom is 1.00 e. The SMILES string of the molecule is CCCCC(CC)COP(=O)([O-])OP(=O)([O-])OCC(CC)CCCC.[Na+].[Na+]. The predicted molar refractivity (Wildman–Crippen MR) is 94.8 cm³/mol. The van der Waals surface area contributed by atoms with Gasteiger partial charge < -0.3 is 18.8 Å². The first-order valence-electron chi connectivity index (χ1n) is 9.32. The zero-order valence-corrected chi connectivity index (χ0v) is 23.8. The average Bonchev–Trinajstić information content (AvgIpc) is 2.54. The van der Waals surface area contributed by atoms with Gasteiger partial charge in [-0.1, -0.05) is 66.2 Å². The van der Waals surface area contributed by atoms with Gasteiger partial charge in [0, 0.05) is 0 Å². The van der Waals surface area contributed by atoms with Crippen molar-refractivity contribution in [2.75, 3.05) is 13.2 Å². The van der Waals surface area contributed by atoms with Crippen molar-refractivity contribution in [3.05, 3.63) is 0 Å². The molecule has 0 fully saturated rings. The molecule has 4 unspecified atom stereocenters. The molecule has 0 aliphatic heterocycles. The summed E-state index contributed by atoms with van der Waals surface area (Å²) < 4.78 is 37.2. The number of hydrogen-bond acceptors (Lipinski definition) is 7. The Balaban J connectivity index is -0.00000288. The average molecular weight is 446 g/mol. The van der Waals surface area contributed by atoms with E-state index in [1.54, 1.807) is 0 Å². The van der Waals surface area contributed by atoms with E-state index < -0.39 is 15.6 Å². The van der Waals surface area contributed by atoms with Crippen molar-refractivity contribution in [2.45, 2.75) is 79.1 Å². The van der Waals surface area contributed by atoms with Crippen molar-refractivity contribution in [1.82, 2.24) is 0 Å². The van der Waals surface area contributed by atoms with Gasteiger partial charge in [0.2, 0.25) is 0 Å². The van der Waals surface area contributed by atoms with Crippen LogP contribution in [0.2, 0.25) is 0 Å². The summed E-state index contributed by atoms with van der Waals surface area (Å²) in [6, 6.07) is 0. The van der Waals surface area contributed by atoms with Gasteiger partial charge in [-0.3, -0.25) is 9.13 Å². The summed E-state index contributed by atoms with van der Waals surface area (Å²) in [6.45, 7) is 7.80. The Morgan fingerprint density at radius 3 is 1.33 bits per heavy atom. The molecule has 0 radical (unpaired) electrons. The monoisotopic (exact) mass is 446 g/mol. The molecular weight excluding hydrogens is 412 g/mol. The maximum absolute atomic E-state index is 11.8. The van der Waals surface area contributed by atoms with Crippen LogP contribution in [0.1, 0.15) is 79.1 Å². The minimum atomic E-state index is -4.95. The van der Waals surface area contributed by atoms with E-state index in [4.69, 9.17) is 9.05 Å². The number of phosphoric acid groups is 2. The van der Waals surface area contributed by atoms with E-state index in [0.29, 0.717) is 0 Å². The van der Waals surface area contributed by atoms with Gasteiger partial charge in [0.05, 0.1) is 13.2 Å². The Morgan fingerprint density at radius 2 is 1.07 bits per heavy atom. The Kier molecular flexibility index (Phi) is 23.8. The van der Waals surface area contributed by atoms with Crippen molar-refractivity contribution in [1.29, 1.82) is 0 Å². The molecule has 0 rings (SSSR count). The van der Waals surface area contributed by atoms with E-state index in [2.05, 4.69) is 4.31 Å². The number of rotatable bonds is 16. The van der Waals surface area contributed by atoms with E-state index in [1.807, 2.05) is 27.7 Å². The molecule has 0 N–H and O–H groups in total. The Labute approximate surface area is 209 Å². The molecule has 0 saturated heterocycles. The smallest absolute Gasteiger partial charge is 0.756 e. The molecule has 0 amide bonds. The topological polar surface area (TPSA) is 108 Å². The van der Waals surface area contributed by atoms with Gasteiger partial charge in [0.1, 0.15) is 0 Å². The fourth-order valence-electron chi connectivity index (χ4n) is 2.36. The molecule has 11 heteroatoms. The van der Waals surface area contributed by atoms with Crippen LogP contribution in [0.25, 0.3) is 0 Å².